The van der Waals surface area contributed by atoms with Crippen LogP contribution in [0, 0.1) is 33.6 Å². The van der Waals surface area contributed by atoms with Crippen LogP contribution in [0.15, 0.2) is 41.3 Å². The van der Waals surface area contributed by atoms with Gasteiger partial charge in [-0.05, 0) is 79.5 Å². The van der Waals surface area contributed by atoms with Crippen molar-refractivity contribution >= 4 is 17.7 Å². The van der Waals surface area contributed by atoms with Crippen LogP contribution in [0.25, 0.3) is 11.1 Å². The highest BCUT2D eigenvalue weighted by molar-refractivity contribution is 7.98. The second kappa shape index (κ2) is 10.5. The highest BCUT2D eigenvalue weighted by Gasteiger charge is 2.21. The summed E-state index contributed by atoms with van der Waals surface area (Å²) >= 11 is 1.57. The van der Waals surface area contributed by atoms with Gasteiger partial charge in [0.15, 0.2) is 0 Å². The molecule has 0 aliphatic heterocycles. The minimum Gasteiger partial charge on any atom is -0.478 e. The molecular formula is C28H34N2O2S. The molecule has 2 aromatic carbocycles. The smallest absolute Gasteiger partial charge is 0.336 e. The topological polar surface area (TPSA) is 76.2 Å². The Hall–Kier alpha value is -2.63. The lowest BCUT2D eigenvalue weighted by Crippen LogP contribution is -2.13. The molecule has 3 rings (SSSR count). The number of benzene rings is 2. The summed E-state index contributed by atoms with van der Waals surface area (Å²) < 4.78 is 0. The van der Waals surface area contributed by atoms with E-state index in [2.05, 4.69) is 52.0 Å². The average Bonchev–Trinajstić information content (AvgIpc) is 2.75. The van der Waals surface area contributed by atoms with E-state index >= 15 is 0 Å². The van der Waals surface area contributed by atoms with Crippen LogP contribution in [-0.2, 0) is 18.7 Å². The van der Waals surface area contributed by atoms with E-state index in [9.17, 15) is 9.90 Å². The van der Waals surface area contributed by atoms with E-state index in [1.807, 2.05) is 19.9 Å². The quantitative estimate of drug-likeness (QED) is 0.367. The second-order valence-electron chi connectivity index (χ2n) is 9.12. The first-order valence-corrected chi connectivity index (χ1v) is 12.4. The Bertz CT molecular complexity index is 1170. The Balaban J connectivity index is 2.17. The van der Waals surface area contributed by atoms with Gasteiger partial charge in [-0.15, -0.1) is 11.8 Å². The Morgan fingerprint density at radius 1 is 1.03 bits per heavy atom. The van der Waals surface area contributed by atoms with E-state index in [0.717, 1.165) is 56.1 Å². The summed E-state index contributed by atoms with van der Waals surface area (Å²) in [5.41, 5.74) is 16.5. The van der Waals surface area contributed by atoms with Crippen molar-refractivity contribution < 1.29 is 9.90 Å². The number of aryl methyl sites for hydroxylation is 3. The van der Waals surface area contributed by atoms with Crippen LogP contribution in [0.5, 0.6) is 0 Å². The zero-order valence-electron chi connectivity index (χ0n) is 20.5. The second-order valence-corrected chi connectivity index (χ2v) is 10.1. The molecule has 0 aliphatic rings. The normalized spacial score (nSPS) is 11.3. The van der Waals surface area contributed by atoms with Gasteiger partial charge in [-0.25, -0.2) is 4.79 Å². The van der Waals surface area contributed by atoms with Gasteiger partial charge in [0, 0.05) is 28.6 Å². The van der Waals surface area contributed by atoms with E-state index in [4.69, 9.17) is 10.7 Å². The molecule has 0 aliphatic carbocycles. The maximum Gasteiger partial charge on any atom is 0.336 e. The summed E-state index contributed by atoms with van der Waals surface area (Å²) in [6, 6.07) is 12.1. The number of nitrogens with two attached hydrogens (primary N) is 1. The van der Waals surface area contributed by atoms with E-state index in [0.29, 0.717) is 23.8 Å². The van der Waals surface area contributed by atoms with Crippen molar-refractivity contribution in [3.8, 4) is 11.1 Å². The molecular weight excluding hydrogens is 428 g/mol. The molecule has 3 N–H and O–H groups in total. The first-order chi connectivity index (χ1) is 15.6. The van der Waals surface area contributed by atoms with Gasteiger partial charge in [0.05, 0.1) is 5.56 Å². The van der Waals surface area contributed by atoms with Crippen molar-refractivity contribution in [1.82, 2.24) is 4.98 Å². The lowest BCUT2D eigenvalue weighted by Gasteiger charge is -2.22. The van der Waals surface area contributed by atoms with Crippen molar-refractivity contribution in [2.75, 3.05) is 0 Å². The SMILES string of the molecule is Cc1ccc(-c2c(CSc3c(C(=O)O)ccc(C)c3C)c(C)nc(CC(C)C)c2CN)cc1. The van der Waals surface area contributed by atoms with Gasteiger partial charge in [0.25, 0.3) is 0 Å². The van der Waals surface area contributed by atoms with Crippen molar-refractivity contribution in [2.45, 2.75) is 65.2 Å². The molecule has 5 heteroatoms. The predicted octanol–water partition coefficient (Wildman–Crippen LogP) is 6.63. The number of thioether (sulfide) groups is 1. The third-order valence-electron chi connectivity index (χ3n) is 6.11. The molecule has 0 unspecified atom stereocenters. The highest BCUT2D eigenvalue weighted by Crippen LogP contribution is 2.38. The summed E-state index contributed by atoms with van der Waals surface area (Å²) in [6.07, 6.45) is 0.875. The van der Waals surface area contributed by atoms with Crippen molar-refractivity contribution in [3.63, 3.8) is 0 Å². The summed E-state index contributed by atoms with van der Waals surface area (Å²) in [6.45, 7) is 13.0. The number of hydrogen-bond donors (Lipinski definition) is 2. The summed E-state index contributed by atoms with van der Waals surface area (Å²) in [4.78, 5) is 17.7. The van der Waals surface area contributed by atoms with Crippen LogP contribution in [-0.4, -0.2) is 16.1 Å². The van der Waals surface area contributed by atoms with E-state index < -0.39 is 5.97 Å². The molecule has 1 heterocycles. The number of nitrogens with zero attached hydrogens (tertiary/aromatic N) is 1. The minimum absolute atomic E-state index is 0.348. The van der Waals surface area contributed by atoms with Gasteiger partial charge in [-0.1, -0.05) is 49.7 Å². The van der Waals surface area contributed by atoms with Gasteiger partial charge in [0.1, 0.15) is 0 Å². The third-order valence-corrected chi connectivity index (χ3v) is 7.35. The van der Waals surface area contributed by atoms with Crippen molar-refractivity contribution in [1.29, 1.82) is 0 Å². The lowest BCUT2D eigenvalue weighted by atomic mass is 9.90. The molecule has 0 atom stereocenters. The number of aromatic carboxylic acids is 1. The van der Waals surface area contributed by atoms with E-state index in [-0.39, 0.29) is 0 Å². The van der Waals surface area contributed by atoms with Gasteiger partial charge < -0.3 is 10.8 Å². The molecule has 174 valence electrons. The van der Waals surface area contributed by atoms with Crippen LogP contribution in [0.4, 0.5) is 0 Å². The largest absolute Gasteiger partial charge is 0.478 e. The number of carbonyl (C=O) groups is 1. The molecule has 33 heavy (non-hydrogen) atoms. The maximum absolute atomic E-state index is 11.9. The van der Waals surface area contributed by atoms with E-state index in [1.54, 1.807) is 17.8 Å². The standard InChI is InChI=1S/C28H34N2O2S/c1-16(2)13-25-23(14-29)26(21-10-7-17(3)8-11-21)24(20(6)30-25)15-33-27-19(5)18(4)9-12-22(27)28(31)32/h7-12,16H,13-15,29H2,1-6H3,(H,31,32). The fourth-order valence-electron chi connectivity index (χ4n) is 4.15. The highest BCUT2D eigenvalue weighted by atomic mass is 32.2. The van der Waals surface area contributed by atoms with Gasteiger partial charge in [0.2, 0.25) is 0 Å². The summed E-state index contributed by atoms with van der Waals surface area (Å²) in [5, 5.41) is 9.75. The first-order valence-electron chi connectivity index (χ1n) is 11.4. The fraction of sp³-hybridized carbons (Fsp3) is 0.357. The first kappa shape index (κ1) is 25.0. The lowest BCUT2D eigenvalue weighted by molar-refractivity contribution is 0.0693. The Labute approximate surface area is 201 Å². The Kier molecular flexibility index (Phi) is 7.98. The molecule has 0 saturated carbocycles. The molecule has 0 fully saturated rings. The summed E-state index contributed by atoms with van der Waals surface area (Å²) in [7, 11) is 0. The zero-order valence-corrected chi connectivity index (χ0v) is 21.3. The van der Waals surface area contributed by atoms with Crippen molar-refractivity contribution in [3.05, 3.63) is 81.2 Å². The fourth-order valence-corrected chi connectivity index (χ4v) is 5.48. The van der Waals surface area contributed by atoms with Gasteiger partial charge in [-0.3, -0.25) is 4.98 Å². The van der Waals surface area contributed by atoms with Crippen LogP contribution in [0.2, 0.25) is 0 Å². The average molecular weight is 463 g/mol. The van der Waals surface area contributed by atoms with Crippen molar-refractivity contribution in [2.24, 2.45) is 11.7 Å². The van der Waals surface area contributed by atoms with Crippen LogP contribution in [0.3, 0.4) is 0 Å². The molecule has 0 bridgehead atoms. The van der Waals surface area contributed by atoms with Crippen LogP contribution < -0.4 is 5.73 Å². The number of hydrogen-bond acceptors (Lipinski definition) is 4. The predicted molar refractivity (Wildman–Crippen MR) is 138 cm³/mol. The molecule has 0 spiro atoms. The van der Waals surface area contributed by atoms with Crippen LogP contribution in [0.1, 0.15) is 63.4 Å². The molecule has 3 aromatic rings. The van der Waals surface area contributed by atoms with Crippen LogP contribution >= 0.6 is 11.8 Å². The third kappa shape index (κ3) is 5.48. The summed E-state index contributed by atoms with van der Waals surface area (Å²) in [5.74, 6) is 0.201. The zero-order chi connectivity index (χ0) is 24.3. The monoisotopic (exact) mass is 462 g/mol. The number of carboxylic acids is 1. The minimum atomic E-state index is -0.899. The molecule has 0 amide bonds. The maximum atomic E-state index is 11.9. The van der Waals surface area contributed by atoms with Gasteiger partial charge >= 0.3 is 5.97 Å². The molecule has 1 aromatic heterocycles. The number of pyridine rings is 1. The molecule has 0 radical (unpaired) electrons. The number of aromatic nitrogens is 1. The van der Waals surface area contributed by atoms with Gasteiger partial charge in [-0.2, -0.15) is 0 Å². The Morgan fingerprint density at radius 3 is 2.27 bits per heavy atom. The Morgan fingerprint density at radius 2 is 1.70 bits per heavy atom. The molecule has 4 nitrogen and oxygen atoms in total. The molecule has 0 saturated heterocycles. The number of carboxylic acid groups (broad SMARTS) is 1. The number of rotatable bonds is 8. The van der Waals surface area contributed by atoms with E-state index in [1.165, 1.54) is 5.56 Å².